The highest BCUT2D eigenvalue weighted by atomic mass is 127. The lowest BCUT2D eigenvalue weighted by molar-refractivity contribution is -0.868. The van der Waals surface area contributed by atoms with Gasteiger partial charge in [-0.25, -0.2) is 4.79 Å². The first-order chi connectivity index (χ1) is 12.4. The van der Waals surface area contributed by atoms with Crippen LogP contribution < -0.4 is 16.4 Å². The van der Waals surface area contributed by atoms with Crippen LogP contribution >= 0.6 is 24.0 Å². The van der Waals surface area contributed by atoms with Crippen LogP contribution in [0.25, 0.3) is 5.69 Å². The van der Waals surface area contributed by atoms with E-state index in [9.17, 15) is 27.9 Å². The molecule has 0 spiro atoms. The number of H-pyrrole nitrogens is 1. The second kappa shape index (κ2) is 8.90. The van der Waals surface area contributed by atoms with E-state index in [0.29, 0.717) is 28.2 Å². The standard InChI is InChI=1S/C17H19F3N4O3.HI/c1-24(2,3)8-7-21-10-13-14(25)22-16(27)23(15(13)26)12-6-4-5-11(9-12)17(18,19)20;/h4-6,9-10H,7-8H2,1-3H3,(H-,21,22,25,26,27);1H. The monoisotopic (exact) mass is 512 g/mol. The molecule has 2 aromatic rings. The summed E-state index contributed by atoms with van der Waals surface area (Å²) in [5.74, 6) is -1.03. The topological polar surface area (TPSA) is 90.3 Å². The Morgan fingerprint density at radius 1 is 1.25 bits per heavy atom. The second-order valence-corrected chi connectivity index (χ2v) is 6.91. The van der Waals surface area contributed by atoms with E-state index in [1.807, 2.05) is 26.1 Å². The van der Waals surface area contributed by atoms with Gasteiger partial charge in [0.2, 0.25) is 0 Å². The van der Waals surface area contributed by atoms with Gasteiger partial charge in [-0.1, -0.05) is 6.07 Å². The minimum Gasteiger partial charge on any atom is -0.859 e. The smallest absolute Gasteiger partial charge is 0.416 e. The SMILES string of the molecule is C[N+](C)(C)CCN=Cc1c([O-])n(-c2cccc(C(F)(F)F)c2)c(=O)[nH]c1=O.I. The molecule has 11 heteroatoms. The van der Waals surface area contributed by atoms with E-state index in [2.05, 4.69) is 4.99 Å². The molecule has 1 aromatic heterocycles. The summed E-state index contributed by atoms with van der Waals surface area (Å²) in [6, 6.07) is 3.73. The molecule has 0 radical (unpaired) electrons. The minimum absolute atomic E-state index is 0. The molecule has 0 atom stereocenters. The Hall–Kier alpha value is -2.15. The highest BCUT2D eigenvalue weighted by Gasteiger charge is 2.30. The van der Waals surface area contributed by atoms with Crippen molar-refractivity contribution >= 4 is 30.2 Å². The molecule has 0 aliphatic rings. The van der Waals surface area contributed by atoms with E-state index >= 15 is 0 Å². The van der Waals surface area contributed by atoms with Crippen LogP contribution in [0.3, 0.4) is 0 Å². The van der Waals surface area contributed by atoms with Gasteiger partial charge >= 0.3 is 11.9 Å². The molecular formula is C17H20F3IN4O3. The Labute approximate surface area is 175 Å². The van der Waals surface area contributed by atoms with Gasteiger partial charge in [-0.3, -0.25) is 19.3 Å². The van der Waals surface area contributed by atoms with Gasteiger partial charge in [0, 0.05) is 11.9 Å². The summed E-state index contributed by atoms with van der Waals surface area (Å²) in [5, 5.41) is 12.5. The van der Waals surface area contributed by atoms with E-state index in [1.165, 1.54) is 6.07 Å². The lowest BCUT2D eigenvalue weighted by Gasteiger charge is -2.22. The van der Waals surface area contributed by atoms with E-state index in [-0.39, 0.29) is 29.7 Å². The Kier molecular flexibility index (Phi) is 7.59. The van der Waals surface area contributed by atoms with Crippen LogP contribution in [0.5, 0.6) is 5.88 Å². The molecule has 1 aromatic carbocycles. The van der Waals surface area contributed by atoms with E-state index < -0.39 is 34.4 Å². The summed E-state index contributed by atoms with van der Waals surface area (Å²) in [5.41, 5.74) is -3.80. The van der Waals surface area contributed by atoms with Crippen molar-refractivity contribution in [2.75, 3.05) is 34.2 Å². The van der Waals surface area contributed by atoms with Gasteiger partial charge in [0.1, 0.15) is 0 Å². The highest BCUT2D eigenvalue weighted by molar-refractivity contribution is 14.0. The lowest BCUT2D eigenvalue weighted by atomic mass is 10.2. The number of hydrogen-bond acceptors (Lipinski definition) is 4. The zero-order valence-corrected chi connectivity index (χ0v) is 17.7. The summed E-state index contributed by atoms with van der Waals surface area (Å²) in [6.45, 7) is 0.959. The summed E-state index contributed by atoms with van der Waals surface area (Å²) in [7, 11) is 5.82. The Balaban J connectivity index is 0.00000392. The third-order valence-electron chi connectivity index (χ3n) is 3.65. The van der Waals surface area contributed by atoms with Crippen molar-refractivity contribution in [2.45, 2.75) is 6.18 Å². The van der Waals surface area contributed by atoms with Gasteiger partial charge in [0.25, 0.3) is 5.56 Å². The van der Waals surface area contributed by atoms with Crippen LogP contribution in [0, 0.1) is 0 Å². The molecule has 0 saturated carbocycles. The Morgan fingerprint density at radius 3 is 2.46 bits per heavy atom. The quantitative estimate of drug-likeness (QED) is 0.373. The molecule has 0 fully saturated rings. The predicted molar refractivity (Wildman–Crippen MR) is 108 cm³/mol. The van der Waals surface area contributed by atoms with Crippen molar-refractivity contribution in [2.24, 2.45) is 4.99 Å². The first-order valence-corrected chi connectivity index (χ1v) is 7.94. The highest BCUT2D eigenvalue weighted by Crippen LogP contribution is 2.30. The molecule has 2 rings (SSSR count). The predicted octanol–water partition coefficient (Wildman–Crippen LogP) is 1.36. The van der Waals surface area contributed by atoms with Crippen molar-refractivity contribution < 1.29 is 22.8 Å². The maximum atomic E-state index is 12.9. The Morgan fingerprint density at radius 2 is 1.89 bits per heavy atom. The minimum atomic E-state index is -4.64. The zero-order chi connectivity index (χ0) is 20.4. The molecule has 0 amide bonds. The normalized spacial score (nSPS) is 12.2. The number of halogens is 4. The van der Waals surface area contributed by atoms with Crippen molar-refractivity contribution in [1.82, 2.24) is 9.55 Å². The first kappa shape index (κ1) is 23.9. The third kappa shape index (κ3) is 5.92. The number of quaternary nitrogens is 1. The average molecular weight is 512 g/mol. The zero-order valence-electron chi connectivity index (χ0n) is 15.4. The van der Waals surface area contributed by atoms with Gasteiger partial charge < -0.3 is 9.59 Å². The summed E-state index contributed by atoms with van der Waals surface area (Å²) >= 11 is 0. The van der Waals surface area contributed by atoms with Gasteiger partial charge in [0.15, 0.2) is 0 Å². The molecular weight excluding hydrogens is 492 g/mol. The van der Waals surface area contributed by atoms with Crippen molar-refractivity contribution in [1.29, 1.82) is 0 Å². The fourth-order valence-electron chi connectivity index (χ4n) is 2.21. The summed E-state index contributed by atoms with van der Waals surface area (Å²) < 4.78 is 39.7. The molecule has 154 valence electrons. The molecule has 0 saturated heterocycles. The van der Waals surface area contributed by atoms with Crippen LogP contribution in [0.4, 0.5) is 13.2 Å². The largest absolute Gasteiger partial charge is 0.859 e. The molecule has 1 N–H and O–H groups in total. The van der Waals surface area contributed by atoms with Gasteiger partial charge in [-0.15, -0.1) is 24.0 Å². The van der Waals surface area contributed by atoms with Crippen molar-refractivity contribution in [3.05, 3.63) is 56.2 Å². The Bertz CT molecular complexity index is 975. The number of likely N-dealkylation sites (N-methyl/N-ethyl adjacent to an activating group) is 1. The van der Waals surface area contributed by atoms with E-state index in [1.54, 1.807) is 0 Å². The lowest BCUT2D eigenvalue weighted by Crippen LogP contribution is -2.37. The number of aliphatic imine (C=N–C) groups is 1. The summed E-state index contributed by atoms with van der Waals surface area (Å²) in [4.78, 5) is 29.9. The third-order valence-corrected chi connectivity index (χ3v) is 3.65. The number of hydrogen-bond donors (Lipinski definition) is 1. The van der Waals surface area contributed by atoms with Gasteiger partial charge in [-0.05, 0) is 24.1 Å². The molecule has 1 heterocycles. The van der Waals surface area contributed by atoms with Crippen molar-refractivity contribution in [3.8, 4) is 11.6 Å². The number of aromatic nitrogens is 2. The van der Waals surface area contributed by atoms with Gasteiger partial charge in [0.05, 0.1) is 45.4 Å². The summed E-state index contributed by atoms with van der Waals surface area (Å²) in [6.07, 6.45) is -3.60. The molecule has 0 bridgehead atoms. The van der Waals surface area contributed by atoms with Crippen LogP contribution in [0.2, 0.25) is 0 Å². The molecule has 0 unspecified atom stereocenters. The average Bonchev–Trinajstić information content (AvgIpc) is 2.52. The molecule has 0 aliphatic heterocycles. The van der Waals surface area contributed by atoms with Crippen LogP contribution in [0.15, 0.2) is 38.8 Å². The second-order valence-electron chi connectivity index (χ2n) is 6.91. The fourth-order valence-corrected chi connectivity index (χ4v) is 2.21. The van der Waals surface area contributed by atoms with Crippen molar-refractivity contribution in [3.63, 3.8) is 0 Å². The van der Waals surface area contributed by atoms with E-state index in [4.69, 9.17) is 0 Å². The number of rotatable bonds is 5. The molecule has 7 nitrogen and oxygen atoms in total. The number of nitrogens with zero attached hydrogens (tertiary/aromatic N) is 3. The molecule has 0 aliphatic carbocycles. The van der Waals surface area contributed by atoms with Crippen LogP contribution in [-0.4, -0.2) is 54.5 Å². The number of aromatic amines is 1. The van der Waals surface area contributed by atoms with Crippen LogP contribution in [0.1, 0.15) is 11.1 Å². The maximum Gasteiger partial charge on any atom is 0.416 e. The molecule has 28 heavy (non-hydrogen) atoms. The van der Waals surface area contributed by atoms with E-state index in [0.717, 1.165) is 18.3 Å². The number of alkyl halides is 3. The maximum absolute atomic E-state index is 12.9. The van der Waals surface area contributed by atoms with Crippen LogP contribution in [-0.2, 0) is 6.18 Å². The first-order valence-electron chi connectivity index (χ1n) is 7.94. The van der Waals surface area contributed by atoms with Gasteiger partial charge in [-0.2, -0.15) is 13.2 Å². The number of benzene rings is 1. The number of nitrogens with one attached hydrogen (secondary N) is 1. The fraction of sp³-hybridized carbons (Fsp3) is 0.353.